The van der Waals surface area contributed by atoms with Crippen molar-refractivity contribution in [2.24, 2.45) is 4.99 Å². The number of aliphatic imine (C=N–C) groups is 1. The highest BCUT2D eigenvalue weighted by Crippen LogP contribution is 2.15. The molecule has 2 rings (SSSR count). The Labute approximate surface area is 144 Å². The van der Waals surface area contributed by atoms with E-state index in [4.69, 9.17) is 9.15 Å². The number of aromatic nitrogens is 1. The van der Waals surface area contributed by atoms with E-state index in [0.717, 1.165) is 21.7 Å². The lowest BCUT2D eigenvalue weighted by Crippen LogP contribution is -2.38. The molecule has 0 bridgehead atoms. The SMILES string of the molecule is CN=C(NCCOc1ccc(Br)cc1)NCc1nc(C)c(C)o1. The number of guanidine groups is 1. The van der Waals surface area contributed by atoms with E-state index in [1.807, 2.05) is 38.1 Å². The molecular weight excluding hydrogens is 360 g/mol. The minimum atomic E-state index is 0.488. The van der Waals surface area contributed by atoms with Gasteiger partial charge in [-0.15, -0.1) is 0 Å². The number of hydrogen-bond donors (Lipinski definition) is 2. The molecule has 0 fully saturated rings. The van der Waals surface area contributed by atoms with Gasteiger partial charge in [0.15, 0.2) is 5.96 Å². The van der Waals surface area contributed by atoms with Crippen molar-refractivity contribution in [2.45, 2.75) is 20.4 Å². The minimum absolute atomic E-state index is 0.488. The zero-order valence-electron chi connectivity index (χ0n) is 13.5. The fourth-order valence-corrected chi connectivity index (χ4v) is 2.13. The maximum atomic E-state index is 5.64. The maximum Gasteiger partial charge on any atom is 0.214 e. The van der Waals surface area contributed by atoms with E-state index in [0.29, 0.717) is 31.5 Å². The largest absolute Gasteiger partial charge is 0.492 e. The molecule has 2 aromatic rings. The van der Waals surface area contributed by atoms with E-state index >= 15 is 0 Å². The van der Waals surface area contributed by atoms with Gasteiger partial charge in [-0.05, 0) is 38.1 Å². The zero-order valence-corrected chi connectivity index (χ0v) is 15.1. The summed E-state index contributed by atoms with van der Waals surface area (Å²) in [6.45, 7) is 5.49. The molecule has 0 unspecified atom stereocenters. The summed E-state index contributed by atoms with van der Waals surface area (Å²) in [5, 5.41) is 6.33. The normalized spacial score (nSPS) is 11.4. The number of rotatable bonds is 6. The third-order valence-electron chi connectivity index (χ3n) is 3.18. The predicted octanol–water partition coefficient (Wildman–Crippen LogP) is 2.80. The first kappa shape index (κ1) is 17.3. The Morgan fingerprint density at radius 2 is 2.00 bits per heavy atom. The molecule has 0 spiro atoms. The second-order valence-corrected chi connectivity index (χ2v) is 5.82. The lowest BCUT2D eigenvalue weighted by molar-refractivity contribution is 0.321. The average Bonchev–Trinajstić information content (AvgIpc) is 2.87. The van der Waals surface area contributed by atoms with Gasteiger partial charge in [-0.25, -0.2) is 4.98 Å². The van der Waals surface area contributed by atoms with Gasteiger partial charge in [0.1, 0.15) is 18.1 Å². The molecule has 0 aliphatic carbocycles. The van der Waals surface area contributed by atoms with Gasteiger partial charge in [0.25, 0.3) is 0 Å². The first-order valence-corrected chi connectivity index (χ1v) is 8.13. The Bertz CT molecular complexity index is 633. The molecule has 124 valence electrons. The van der Waals surface area contributed by atoms with Crippen molar-refractivity contribution in [3.63, 3.8) is 0 Å². The van der Waals surface area contributed by atoms with Gasteiger partial charge < -0.3 is 19.8 Å². The molecule has 1 heterocycles. The smallest absolute Gasteiger partial charge is 0.214 e. The number of ether oxygens (including phenoxy) is 1. The summed E-state index contributed by atoms with van der Waals surface area (Å²) in [5.74, 6) is 3.00. The third kappa shape index (κ3) is 5.59. The fraction of sp³-hybridized carbons (Fsp3) is 0.375. The number of halogens is 1. The molecular formula is C16H21BrN4O2. The van der Waals surface area contributed by atoms with Crippen LogP contribution in [0.3, 0.4) is 0 Å². The van der Waals surface area contributed by atoms with E-state index in [2.05, 4.69) is 36.5 Å². The van der Waals surface area contributed by atoms with E-state index in [1.165, 1.54) is 0 Å². The lowest BCUT2D eigenvalue weighted by Gasteiger charge is -2.11. The standard InChI is InChI=1S/C16H21BrN4O2/c1-11-12(2)23-15(21-11)10-20-16(18-3)19-8-9-22-14-6-4-13(17)5-7-14/h4-7H,8-10H2,1-3H3,(H2,18,19,20). The van der Waals surface area contributed by atoms with Crippen LogP contribution in [0.4, 0.5) is 0 Å². The molecule has 0 saturated heterocycles. The average molecular weight is 381 g/mol. The summed E-state index contributed by atoms with van der Waals surface area (Å²) in [4.78, 5) is 8.47. The van der Waals surface area contributed by atoms with Gasteiger partial charge in [-0.3, -0.25) is 4.99 Å². The van der Waals surface area contributed by atoms with Gasteiger partial charge >= 0.3 is 0 Å². The highest BCUT2D eigenvalue weighted by Gasteiger charge is 2.06. The van der Waals surface area contributed by atoms with E-state index in [1.54, 1.807) is 7.05 Å². The van der Waals surface area contributed by atoms with Crippen LogP contribution in [0, 0.1) is 13.8 Å². The Balaban J connectivity index is 1.69. The quantitative estimate of drug-likeness (QED) is 0.458. The fourth-order valence-electron chi connectivity index (χ4n) is 1.86. The Kier molecular flexibility index (Phi) is 6.46. The zero-order chi connectivity index (χ0) is 16.7. The molecule has 6 nitrogen and oxygen atoms in total. The number of benzene rings is 1. The number of nitrogens with zero attached hydrogens (tertiary/aromatic N) is 2. The first-order chi connectivity index (χ1) is 11.1. The summed E-state index contributed by atoms with van der Waals surface area (Å²) in [6, 6.07) is 7.74. The van der Waals surface area contributed by atoms with Crippen LogP contribution >= 0.6 is 15.9 Å². The summed E-state index contributed by atoms with van der Waals surface area (Å²) in [6.07, 6.45) is 0. The molecule has 0 amide bonds. The summed E-state index contributed by atoms with van der Waals surface area (Å²) in [7, 11) is 1.72. The maximum absolute atomic E-state index is 5.64. The van der Waals surface area contributed by atoms with Crippen molar-refractivity contribution in [1.82, 2.24) is 15.6 Å². The second kappa shape index (κ2) is 8.57. The molecule has 0 saturated carbocycles. The van der Waals surface area contributed by atoms with Gasteiger partial charge in [0.2, 0.25) is 5.89 Å². The molecule has 0 aliphatic rings. The van der Waals surface area contributed by atoms with E-state index < -0.39 is 0 Å². The van der Waals surface area contributed by atoms with Gasteiger partial charge in [-0.2, -0.15) is 0 Å². The van der Waals surface area contributed by atoms with Crippen molar-refractivity contribution in [3.8, 4) is 5.75 Å². The Morgan fingerprint density at radius 3 is 2.61 bits per heavy atom. The Hall–Kier alpha value is -2.02. The molecule has 23 heavy (non-hydrogen) atoms. The molecule has 0 atom stereocenters. The number of nitrogens with one attached hydrogen (secondary N) is 2. The van der Waals surface area contributed by atoms with Crippen LogP contribution in [0.5, 0.6) is 5.75 Å². The van der Waals surface area contributed by atoms with Crippen LogP contribution in [0.1, 0.15) is 17.3 Å². The van der Waals surface area contributed by atoms with Crippen molar-refractivity contribution in [2.75, 3.05) is 20.2 Å². The molecule has 7 heteroatoms. The van der Waals surface area contributed by atoms with E-state index in [-0.39, 0.29) is 0 Å². The van der Waals surface area contributed by atoms with Crippen LogP contribution in [0.2, 0.25) is 0 Å². The highest BCUT2D eigenvalue weighted by atomic mass is 79.9. The highest BCUT2D eigenvalue weighted by molar-refractivity contribution is 9.10. The van der Waals surface area contributed by atoms with Crippen LogP contribution < -0.4 is 15.4 Å². The van der Waals surface area contributed by atoms with Gasteiger partial charge in [0.05, 0.1) is 18.8 Å². The number of oxazole rings is 1. The first-order valence-electron chi connectivity index (χ1n) is 7.34. The van der Waals surface area contributed by atoms with Gasteiger partial charge in [0, 0.05) is 11.5 Å². The number of hydrogen-bond acceptors (Lipinski definition) is 4. The summed E-state index contributed by atoms with van der Waals surface area (Å²) < 4.78 is 12.2. The summed E-state index contributed by atoms with van der Waals surface area (Å²) in [5.41, 5.74) is 0.910. The lowest BCUT2D eigenvalue weighted by atomic mass is 10.3. The third-order valence-corrected chi connectivity index (χ3v) is 3.71. The predicted molar refractivity (Wildman–Crippen MR) is 93.8 cm³/mol. The van der Waals surface area contributed by atoms with Crippen molar-refractivity contribution in [3.05, 3.63) is 46.1 Å². The monoisotopic (exact) mass is 380 g/mol. The van der Waals surface area contributed by atoms with Crippen LogP contribution in [-0.4, -0.2) is 31.1 Å². The molecule has 2 N–H and O–H groups in total. The van der Waals surface area contributed by atoms with Crippen LogP contribution in [0.15, 0.2) is 38.1 Å². The van der Waals surface area contributed by atoms with E-state index in [9.17, 15) is 0 Å². The van der Waals surface area contributed by atoms with Crippen molar-refractivity contribution >= 4 is 21.9 Å². The molecule has 0 radical (unpaired) electrons. The topological polar surface area (TPSA) is 71.7 Å². The Morgan fingerprint density at radius 1 is 1.26 bits per heavy atom. The summed E-state index contributed by atoms with van der Waals surface area (Å²) >= 11 is 3.39. The molecule has 1 aromatic carbocycles. The van der Waals surface area contributed by atoms with Gasteiger partial charge in [-0.1, -0.05) is 15.9 Å². The van der Waals surface area contributed by atoms with Crippen molar-refractivity contribution < 1.29 is 9.15 Å². The minimum Gasteiger partial charge on any atom is -0.492 e. The van der Waals surface area contributed by atoms with Crippen LogP contribution in [-0.2, 0) is 6.54 Å². The molecule has 1 aromatic heterocycles. The van der Waals surface area contributed by atoms with Crippen LogP contribution in [0.25, 0.3) is 0 Å². The van der Waals surface area contributed by atoms with Crippen molar-refractivity contribution in [1.29, 1.82) is 0 Å². The second-order valence-electron chi connectivity index (χ2n) is 4.90. The molecule has 0 aliphatic heterocycles. The number of aryl methyl sites for hydroxylation is 2.